The van der Waals surface area contributed by atoms with Crippen molar-refractivity contribution in [2.24, 2.45) is 13.0 Å². The normalized spacial score (nSPS) is 15.3. The first-order chi connectivity index (χ1) is 13.1. The van der Waals surface area contributed by atoms with Gasteiger partial charge in [0.15, 0.2) is 0 Å². The molecule has 3 heterocycles. The van der Waals surface area contributed by atoms with Gasteiger partial charge in [0.1, 0.15) is 11.6 Å². The van der Waals surface area contributed by atoms with Gasteiger partial charge in [-0.25, -0.2) is 9.37 Å². The Kier molecular flexibility index (Phi) is 4.79. The van der Waals surface area contributed by atoms with Gasteiger partial charge in [-0.3, -0.25) is 4.79 Å². The standard InChI is InChI=1S/C21H23FN4O/c1-25-11-8-24-20(25)12-15-6-9-26(10-7-15)21(27)19-14-23-13-18(19)16-2-4-17(22)5-3-16/h2-5,8,11,13-15,23H,6-7,9-10,12H2,1H3. The summed E-state index contributed by atoms with van der Waals surface area (Å²) in [5, 5.41) is 0. The van der Waals surface area contributed by atoms with E-state index in [0.29, 0.717) is 11.5 Å². The molecular formula is C21H23FN4O. The number of amides is 1. The molecule has 0 atom stereocenters. The Balaban J connectivity index is 1.42. The highest BCUT2D eigenvalue weighted by Gasteiger charge is 2.26. The molecule has 3 aromatic rings. The molecule has 0 radical (unpaired) electrons. The lowest BCUT2D eigenvalue weighted by Gasteiger charge is -2.32. The number of H-pyrrole nitrogens is 1. The first-order valence-corrected chi connectivity index (χ1v) is 9.30. The largest absolute Gasteiger partial charge is 0.366 e. The molecule has 0 unspecified atom stereocenters. The minimum Gasteiger partial charge on any atom is -0.366 e. The van der Waals surface area contributed by atoms with Crippen LogP contribution in [0.1, 0.15) is 29.0 Å². The Morgan fingerprint density at radius 1 is 1.22 bits per heavy atom. The highest BCUT2D eigenvalue weighted by atomic mass is 19.1. The van der Waals surface area contributed by atoms with E-state index < -0.39 is 0 Å². The van der Waals surface area contributed by atoms with Crippen LogP contribution in [-0.4, -0.2) is 38.4 Å². The van der Waals surface area contributed by atoms with E-state index in [-0.39, 0.29) is 11.7 Å². The third kappa shape index (κ3) is 3.65. The van der Waals surface area contributed by atoms with Gasteiger partial charge in [0, 0.05) is 56.9 Å². The maximum Gasteiger partial charge on any atom is 0.256 e. The zero-order valence-electron chi connectivity index (χ0n) is 15.4. The van der Waals surface area contributed by atoms with E-state index in [9.17, 15) is 9.18 Å². The van der Waals surface area contributed by atoms with Crippen molar-refractivity contribution >= 4 is 5.91 Å². The maximum absolute atomic E-state index is 13.2. The molecule has 27 heavy (non-hydrogen) atoms. The molecule has 1 saturated heterocycles. The zero-order valence-corrected chi connectivity index (χ0v) is 15.4. The van der Waals surface area contributed by atoms with Crippen LogP contribution in [-0.2, 0) is 13.5 Å². The second kappa shape index (κ2) is 7.39. The molecule has 140 valence electrons. The predicted molar refractivity (Wildman–Crippen MR) is 102 cm³/mol. The number of likely N-dealkylation sites (tertiary alicyclic amines) is 1. The summed E-state index contributed by atoms with van der Waals surface area (Å²) in [5.41, 5.74) is 2.30. The molecule has 0 bridgehead atoms. The summed E-state index contributed by atoms with van der Waals surface area (Å²) < 4.78 is 15.2. The van der Waals surface area contributed by atoms with Crippen molar-refractivity contribution in [1.82, 2.24) is 19.4 Å². The van der Waals surface area contributed by atoms with Crippen molar-refractivity contribution in [3.63, 3.8) is 0 Å². The highest BCUT2D eigenvalue weighted by molar-refractivity contribution is 6.00. The monoisotopic (exact) mass is 366 g/mol. The fourth-order valence-electron chi connectivity index (χ4n) is 3.77. The molecule has 1 aliphatic rings. The highest BCUT2D eigenvalue weighted by Crippen LogP contribution is 2.27. The number of hydrogen-bond acceptors (Lipinski definition) is 2. The number of carbonyl (C=O) groups excluding carboxylic acids is 1. The topological polar surface area (TPSA) is 53.9 Å². The summed E-state index contributed by atoms with van der Waals surface area (Å²) in [6, 6.07) is 6.24. The van der Waals surface area contributed by atoms with E-state index in [1.54, 1.807) is 24.5 Å². The van der Waals surface area contributed by atoms with Crippen molar-refractivity contribution < 1.29 is 9.18 Å². The van der Waals surface area contributed by atoms with Gasteiger partial charge in [0.05, 0.1) is 5.56 Å². The molecule has 1 amide bonds. The summed E-state index contributed by atoms with van der Waals surface area (Å²) in [4.78, 5) is 22.4. The average molecular weight is 366 g/mol. The number of piperidine rings is 1. The van der Waals surface area contributed by atoms with Crippen molar-refractivity contribution in [1.29, 1.82) is 0 Å². The first-order valence-electron chi connectivity index (χ1n) is 9.30. The van der Waals surface area contributed by atoms with E-state index in [4.69, 9.17) is 0 Å². The molecule has 2 aromatic heterocycles. The van der Waals surface area contributed by atoms with Crippen LogP contribution in [0.2, 0.25) is 0 Å². The van der Waals surface area contributed by atoms with E-state index in [1.165, 1.54) is 12.1 Å². The summed E-state index contributed by atoms with van der Waals surface area (Å²) in [5.74, 6) is 1.41. The molecule has 6 heteroatoms. The zero-order chi connectivity index (χ0) is 18.8. The van der Waals surface area contributed by atoms with Gasteiger partial charge in [-0.2, -0.15) is 0 Å². The lowest BCUT2D eigenvalue weighted by Crippen LogP contribution is -2.39. The van der Waals surface area contributed by atoms with Gasteiger partial charge in [0.25, 0.3) is 5.91 Å². The van der Waals surface area contributed by atoms with Crippen LogP contribution in [0.5, 0.6) is 0 Å². The third-order valence-corrected chi connectivity index (χ3v) is 5.43. The molecule has 0 saturated carbocycles. The van der Waals surface area contributed by atoms with Crippen molar-refractivity contribution in [3.8, 4) is 11.1 Å². The SMILES string of the molecule is Cn1ccnc1CC1CCN(C(=O)c2c[nH]cc2-c2ccc(F)cc2)CC1. The van der Waals surface area contributed by atoms with Gasteiger partial charge < -0.3 is 14.5 Å². The second-order valence-corrected chi connectivity index (χ2v) is 7.18. The second-order valence-electron chi connectivity index (χ2n) is 7.18. The number of aromatic amines is 1. The lowest BCUT2D eigenvalue weighted by molar-refractivity contribution is 0.0690. The quantitative estimate of drug-likeness (QED) is 0.766. The Labute approximate surface area is 157 Å². The molecule has 1 fully saturated rings. The van der Waals surface area contributed by atoms with Crippen LogP contribution >= 0.6 is 0 Å². The van der Waals surface area contributed by atoms with Crippen LogP contribution < -0.4 is 0 Å². The molecule has 0 aliphatic carbocycles. The van der Waals surface area contributed by atoms with Crippen molar-refractivity contribution in [2.75, 3.05) is 13.1 Å². The number of imidazole rings is 1. The Bertz CT molecular complexity index is 920. The number of aryl methyl sites for hydroxylation is 1. The molecular weight excluding hydrogens is 343 g/mol. The van der Waals surface area contributed by atoms with Crippen molar-refractivity contribution in [2.45, 2.75) is 19.3 Å². The first kappa shape index (κ1) is 17.5. The fourth-order valence-corrected chi connectivity index (χ4v) is 3.77. The van der Waals surface area contributed by atoms with E-state index in [1.807, 2.05) is 24.3 Å². The summed E-state index contributed by atoms with van der Waals surface area (Å²) in [7, 11) is 2.02. The van der Waals surface area contributed by atoms with Crippen LogP contribution in [0.25, 0.3) is 11.1 Å². The number of benzene rings is 1. The van der Waals surface area contributed by atoms with Crippen molar-refractivity contribution in [3.05, 3.63) is 66.3 Å². The molecule has 0 spiro atoms. The van der Waals surface area contributed by atoms with Gasteiger partial charge in [0.2, 0.25) is 0 Å². The minimum atomic E-state index is -0.281. The lowest BCUT2D eigenvalue weighted by atomic mass is 9.92. The summed E-state index contributed by atoms with van der Waals surface area (Å²) >= 11 is 0. The molecule has 1 N–H and O–H groups in total. The number of nitrogens with zero attached hydrogens (tertiary/aromatic N) is 3. The van der Waals surface area contributed by atoms with E-state index in [2.05, 4.69) is 14.5 Å². The number of aromatic nitrogens is 3. The van der Waals surface area contributed by atoms with Gasteiger partial charge in [-0.15, -0.1) is 0 Å². The molecule has 5 nitrogen and oxygen atoms in total. The van der Waals surface area contributed by atoms with Gasteiger partial charge >= 0.3 is 0 Å². The summed E-state index contributed by atoms with van der Waals surface area (Å²) in [6.07, 6.45) is 10.3. The Morgan fingerprint density at radius 3 is 2.63 bits per heavy atom. The van der Waals surface area contributed by atoms with Crippen LogP contribution in [0.4, 0.5) is 4.39 Å². The molecule has 1 aromatic carbocycles. The average Bonchev–Trinajstić information content (AvgIpc) is 3.32. The van der Waals surface area contributed by atoms with Gasteiger partial charge in [-0.05, 0) is 36.5 Å². The fraction of sp³-hybridized carbons (Fsp3) is 0.333. The predicted octanol–water partition coefficient (Wildman–Crippen LogP) is 3.65. The minimum absolute atomic E-state index is 0.0333. The van der Waals surface area contributed by atoms with Crippen LogP contribution in [0, 0.1) is 11.7 Å². The van der Waals surface area contributed by atoms with Crippen LogP contribution in [0.15, 0.2) is 49.1 Å². The van der Waals surface area contributed by atoms with E-state index in [0.717, 1.165) is 49.3 Å². The Hall–Kier alpha value is -2.89. The van der Waals surface area contributed by atoms with Gasteiger partial charge in [-0.1, -0.05) is 12.1 Å². The van der Waals surface area contributed by atoms with Crippen LogP contribution in [0.3, 0.4) is 0 Å². The summed E-state index contributed by atoms with van der Waals surface area (Å²) in [6.45, 7) is 1.50. The Morgan fingerprint density at radius 2 is 1.96 bits per heavy atom. The third-order valence-electron chi connectivity index (χ3n) is 5.43. The smallest absolute Gasteiger partial charge is 0.256 e. The molecule has 4 rings (SSSR count). The number of hydrogen-bond donors (Lipinski definition) is 1. The van der Waals surface area contributed by atoms with E-state index >= 15 is 0 Å². The number of carbonyl (C=O) groups is 1. The number of halogens is 1. The maximum atomic E-state index is 13.2. The number of nitrogens with one attached hydrogen (secondary N) is 1. The molecule has 1 aliphatic heterocycles. The number of rotatable bonds is 4.